The van der Waals surface area contributed by atoms with Crippen molar-refractivity contribution >= 4 is 29.6 Å². The molecular weight excluding hydrogens is 388 g/mol. The zero-order chi connectivity index (χ0) is 22.6. The number of carboxylic acid groups (broad SMARTS) is 1. The lowest BCUT2D eigenvalue weighted by Crippen LogP contribution is -2.58. The first kappa shape index (κ1) is 26.2. The number of nitrogens with one attached hydrogen (secondary N) is 3. The molecule has 4 unspecified atom stereocenters. The van der Waals surface area contributed by atoms with Gasteiger partial charge in [0, 0.05) is 0 Å². The molecule has 0 bridgehead atoms. The van der Waals surface area contributed by atoms with Gasteiger partial charge < -0.3 is 43.4 Å². The highest BCUT2D eigenvalue weighted by atomic mass is 16.4. The minimum atomic E-state index is -1.45. The highest BCUT2D eigenvalue weighted by Crippen LogP contribution is 2.04. The fourth-order valence-electron chi connectivity index (χ4n) is 2.28. The van der Waals surface area contributed by atoms with Gasteiger partial charge in [0.2, 0.25) is 23.6 Å². The summed E-state index contributed by atoms with van der Waals surface area (Å²) in [5.74, 6) is -4.59. The number of carbonyl (C=O) groups excluding carboxylic acids is 4. The Morgan fingerprint density at radius 3 is 2.10 bits per heavy atom. The van der Waals surface area contributed by atoms with E-state index in [0.717, 1.165) is 0 Å². The number of primary amides is 1. The van der Waals surface area contributed by atoms with Crippen molar-refractivity contribution in [3.8, 4) is 0 Å². The van der Waals surface area contributed by atoms with Gasteiger partial charge in [-0.25, -0.2) is 0 Å². The van der Waals surface area contributed by atoms with Crippen LogP contribution in [0, 0.1) is 0 Å². The van der Waals surface area contributed by atoms with E-state index < -0.39 is 66.8 Å². The molecule has 29 heavy (non-hydrogen) atoms. The second kappa shape index (κ2) is 13.4. The third kappa shape index (κ3) is 11.0. The van der Waals surface area contributed by atoms with Crippen LogP contribution in [0.15, 0.2) is 0 Å². The zero-order valence-corrected chi connectivity index (χ0v) is 16.2. The molecule has 13 nitrogen and oxygen atoms in total. The van der Waals surface area contributed by atoms with Crippen molar-refractivity contribution in [2.24, 2.45) is 17.2 Å². The number of carboxylic acids is 1. The van der Waals surface area contributed by atoms with Gasteiger partial charge in [0.1, 0.15) is 18.6 Å². The van der Waals surface area contributed by atoms with Gasteiger partial charge in [0.05, 0.1) is 18.6 Å². The SMILES string of the molecule is CC(O)C(NC(=O)C(CCCCN)NC(=O)C(N)CC(N)=O)C(=O)NCC(=O)O. The Morgan fingerprint density at radius 1 is 1.00 bits per heavy atom. The predicted molar refractivity (Wildman–Crippen MR) is 101 cm³/mol. The topological polar surface area (TPSA) is 240 Å². The van der Waals surface area contributed by atoms with Crippen molar-refractivity contribution in [1.29, 1.82) is 0 Å². The van der Waals surface area contributed by atoms with Gasteiger partial charge in [-0.3, -0.25) is 24.0 Å². The second-order valence-electron chi connectivity index (χ2n) is 6.46. The smallest absolute Gasteiger partial charge is 0.322 e. The van der Waals surface area contributed by atoms with Crippen LogP contribution in [0.2, 0.25) is 0 Å². The lowest BCUT2D eigenvalue weighted by molar-refractivity contribution is -0.139. The Balaban J connectivity index is 5.18. The molecule has 0 aromatic heterocycles. The molecule has 4 atom stereocenters. The van der Waals surface area contributed by atoms with Crippen molar-refractivity contribution in [3.05, 3.63) is 0 Å². The number of amides is 4. The zero-order valence-electron chi connectivity index (χ0n) is 16.2. The summed E-state index contributed by atoms with van der Waals surface area (Å²) >= 11 is 0. The number of aliphatic carboxylic acids is 1. The fourth-order valence-corrected chi connectivity index (χ4v) is 2.28. The first-order valence-corrected chi connectivity index (χ1v) is 9.01. The standard InChI is InChI=1S/C16H30N6O7/c1-8(23)13(16(29)20-7-12(25)26)22-15(28)10(4-2-3-5-17)21-14(27)9(18)6-11(19)24/h8-10,13,23H,2-7,17-18H2,1H3,(H2,19,24)(H,20,29)(H,21,27)(H,22,28)(H,25,26). The van der Waals surface area contributed by atoms with E-state index in [1.807, 2.05) is 0 Å². The Bertz CT molecular complexity index is 598. The van der Waals surface area contributed by atoms with Gasteiger partial charge >= 0.3 is 5.97 Å². The second-order valence-corrected chi connectivity index (χ2v) is 6.46. The number of hydrogen-bond acceptors (Lipinski definition) is 8. The highest BCUT2D eigenvalue weighted by Gasteiger charge is 2.30. The van der Waals surface area contributed by atoms with E-state index in [9.17, 15) is 29.1 Å². The molecule has 11 N–H and O–H groups in total. The molecule has 0 fully saturated rings. The highest BCUT2D eigenvalue weighted by molar-refractivity contribution is 5.94. The van der Waals surface area contributed by atoms with Crippen LogP contribution < -0.4 is 33.2 Å². The van der Waals surface area contributed by atoms with E-state index in [1.54, 1.807) is 0 Å². The van der Waals surface area contributed by atoms with Gasteiger partial charge in [-0.2, -0.15) is 0 Å². The summed E-state index contributed by atoms with van der Waals surface area (Å²) in [4.78, 5) is 58.2. The van der Waals surface area contributed by atoms with E-state index in [1.165, 1.54) is 6.92 Å². The number of aliphatic hydroxyl groups excluding tert-OH is 1. The number of aliphatic hydroxyl groups is 1. The van der Waals surface area contributed by atoms with Crippen LogP contribution in [0.3, 0.4) is 0 Å². The molecule has 13 heteroatoms. The van der Waals surface area contributed by atoms with Gasteiger partial charge in [-0.05, 0) is 32.7 Å². The predicted octanol–water partition coefficient (Wildman–Crippen LogP) is -4.13. The summed E-state index contributed by atoms with van der Waals surface area (Å²) in [6, 6.07) is -3.83. The molecular formula is C16H30N6O7. The largest absolute Gasteiger partial charge is 0.480 e. The average molecular weight is 418 g/mol. The van der Waals surface area contributed by atoms with Crippen molar-refractivity contribution in [2.75, 3.05) is 13.1 Å². The molecule has 166 valence electrons. The first-order chi connectivity index (χ1) is 13.5. The van der Waals surface area contributed by atoms with Crippen LogP contribution in [0.1, 0.15) is 32.6 Å². The van der Waals surface area contributed by atoms with Crippen LogP contribution >= 0.6 is 0 Å². The molecule has 0 spiro atoms. The summed E-state index contributed by atoms with van der Waals surface area (Å²) in [5.41, 5.74) is 16.0. The molecule has 0 saturated heterocycles. The maximum atomic E-state index is 12.6. The molecule has 0 aliphatic carbocycles. The summed E-state index contributed by atoms with van der Waals surface area (Å²) in [6.07, 6.45) is -0.584. The number of nitrogens with two attached hydrogens (primary N) is 3. The minimum Gasteiger partial charge on any atom is -0.480 e. The van der Waals surface area contributed by atoms with Crippen LogP contribution in [0.25, 0.3) is 0 Å². The number of hydrogen-bond donors (Lipinski definition) is 8. The van der Waals surface area contributed by atoms with E-state index in [-0.39, 0.29) is 6.42 Å². The van der Waals surface area contributed by atoms with E-state index in [4.69, 9.17) is 22.3 Å². The molecule has 0 aliphatic heterocycles. The minimum absolute atomic E-state index is 0.154. The molecule has 4 amide bonds. The van der Waals surface area contributed by atoms with Crippen molar-refractivity contribution in [2.45, 2.75) is 56.8 Å². The monoisotopic (exact) mass is 418 g/mol. The Hall–Kier alpha value is -2.77. The lowest BCUT2D eigenvalue weighted by atomic mass is 10.1. The third-order valence-electron chi connectivity index (χ3n) is 3.81. The maximum Gasteiger partial charge on any atom is 0.322 e. The number of unbranched alkanes of at least 4 members (excludes halogenated alkanes) is 1. The molecule has 0 radical (unpaired) electrons. The van der Waals surface area contributed by atoms with Gasteiger partial charge in [0.25, 0.3) is 0 Å². The molecule has 0 saturated carbocycles. The van der Waals surface area contributed by atoms with E-state index in [2.05, 4.69) is 16.0 Å². The molecule has 0 aliphatic rings. The quantitative estimate of drug-likeness (QED) is 0.128. The normalized spacial score (nSPS) is 14.8. The third-order valence-corrected chi connectivity index (χ3v) is 3.81. The van der Waals surface area contributed by atoms with Crippen molar-refractivity contribution < 1.29 is 34.2 Å². The van der Waals surface area contributed by atoms with Gasteiger partial charge in [0.15, 0.2) is 0 Å². The number of carbonyl (C=O) groups is 5. The summed E-state index contributed by atoms with van der Waals surface area (Å²) in [6.45, 7) is 0.893. The van der Waals surface area contributed by atoms with Crippen LogP contribution in [-0.2, 0) is 24.0 Å². The van der Waals surface area contributed by atoms with Gasteiger partial charge in [-0.15, -0.1) is 0 Å². The molecule has 0 rings (SSSR count). The van der Waals surface area contributed by atoms with Crippen LogP contribution in [0.4, 0.5) is 0 Å². The maximum absolute atomic E-state index is 12.6. The molecule has 0 aromatic carbocycles. The molecule has 0 aromatic rings. The Morgan fingerprint density at radius 2 is 1.62 bits per heavy atom. The van der Waals surface area contributed by atoms with Crippen LogP contribution in [-0.4, -0.2) is 77.1 Å². The average Bonchev–Trinajstić information content (AvgIpc) is 2.62. The molecule has 0 heterocycles. The Kier molecular flexibility index (Phi) is 12.1. The van der Waals surface area contributed by atoms with Gasteiger partial charge in [-0.1, -0.05) is 0 Å². The van der Waals surface area contributed by atoms with E-state index in [0.29, 0.717) is 19.4 Å². The summed E-state index contributed by atoms with van der Waals surface area (Å²) < 4.78 is 0. The fraction of sp³-hybridized carbons (Fsp3) is 0.688. The lowest BCUT2D eigenvalue weighted by Gasteiger charge is -2.25. The van der Waals surface area contributed by atoms with Crippen molar-refractivity contribution in [1.82, 2.24) is 16.0 Å². The van der Waals surface area contributed by atoms with Crippen molar-refractivity contribution in [3.63, 3.8) is 0 Å². The summed E-state index contributed by atoms with van der Waals surface area (Å²) in [7, 11) is 0. The summed E-state index contributed by atoms with van der Waals surface area (Å²) in [5, 5.41) is 25.1. The van der Waals surface area contributed by atoms with E-state index >= 15 is 0 Å². The van der Waals surface area contributed by atoms with Crippen LogP contribution in [0.5, 0.6) is 0 Å². The number of rotatable bonds is 14. The Labute approximate surface area is 167 Å². The first-order valence-electron chi connectivity index (χ1n) is 9.01.